The van der Waals surface area contributed by atoms with Crippen LogP contribution in [-0.2, 0) is 14.3 Å². The number of fused-ring (bicyclic) bond motifs is 1. The molecule has 0 aliphatic carbocycles. The fourth-order valence-electron chi connectivity index (χ4n) is 4.32. The van der Waals surface area contributed by atoms with Crippen LogP contribution in [-0.4, -0.2) is 53.3 Å². The van der Waals surface area contributed by atoms with Crippen molar-refractivity contribution in [2.24, 2.45) is 0 Å². The minimum absolute atomic E-state index is 0.166. The molecular weight excluding hydrogens is 444 g/mol. The number of carbonyl (C=O) groups excluding carboxylic acids is 1. The van der Waals surface area contributed by atoms with E-state index in [1.165, 1.54) is 6.07 Å². The van der Waals surface area contributed by atoms with Gasteiger partial charge in [-0.15, -0.1) is 0 Å². The van der Waals surface area contributed by atoms with Crippen LogP contribution < -0.4 is 4.74 Å². The van der Waals surface area contributed by atoms with Gasteiger partial charge in [0.25, 0.3) is 5.91 Å². The van der Waals surface area contributed by atoms with Gasteiger partial charge in [0.2, 0.25) is 0 Å². The summed E-state index contributed by atoms with van der Waals surface area (Å²) in [6, 6.07) is 8.32. The molecule has 3 heterocycles. The Morgan fingerprint density at radius 1 is 1.12 bits per heavy atom. The van der Waals surface area contributed by atoms with Crippen LogP contribution in [0.15, 0.2) is 54.7 Å². The van der Waals surface area contributed by atoms with E-state index in [0.29, 0.717) is 17.9 Å². The van der Waals surface area contributed by atoms with E-state index in [0.717, 1.165) is 29.1 Å². The highest BCUT2D eigenvalue weighted by molar-refractivity contribution is 5.97. The molecule has 5 rings (SSSR count). The highest BCUT2D eigenvalue weighted by atomic mass is 19.2. The molecule has 2 saturated heterocycles. The molecule has 3 aromatic rings. The molecule has 2 atom stereocenters. The first-order valence-corrected chi connectivity index (χ1v) is 10.8. The minimum atomic E-state index is -0.962. The summed E-state index contributed by atoms with van der Waals surface area (Å²) < 4.78 is 46.1. The molecule has 9 heteroatoms. The number of methoxy groups -OCH3 is 1. The lowest BCUT2D eigenvalue weighted by atomic mass is 10.00. The molecule has 2 aromatic carbocycles. The molecule has 0 bridgehead atoms. The summed E-state index contributed by atoms with van der Waals surface area (Å²) in [5.74, 6) is -1.45. The maximum atomic E-state index is 13.9. The third-order valence-electron chi connectivity index (χ3n) is 6.01. The summed E-state index contributed by atoms with van der Waals surface area (Å²) in [4.78, 5) is 19.3. The van der Waals surface area contributed by atoms with E-state index in [2.05, 4.69) is 4.98 Å². The van der Waals surface area contributed by atoms with Crippen molar-refractivity contribution in [3.8, 4) is 11.4 Å². The van der Waals surface area contributed by atoms with Crippen molar-refractivity contribution < 1.29 is 27.8 Å². The number of ether oxygens (including phenoxy) is 3. The first-order valence-electron chi connectivity index (χ1n) is 10.8. The van der Waals surface area contributed by atoms with E-state index in [9.17, 15) is 13.6 Å². The Labute approximate surface area is 195 Å². The van der Waals surface area contributed by atoms with Crippen LogP contribution in [0.25, 0.3) is 11.8 Å². The Morgan fingerprint density at radius 2 is 1.97 bits per heavy atom. The number of aryl methyl sites for hydroxylation is 1. The van der Waals surface area contributed by atoms with Gasteiger partial charge in [0.15, 0.2) is 17.4 Å². The molecule has 7 nitrogen and oxygen atoms in total. The quantitative estimate of drug-likeness (QED) is 0.546. The molecule has 34 heavy (non-hydrogen) atoms. The predicted octanol–water partition coefficient (Wildman–Crippen LogP) is 3.81. The summed E-state index contributed by atoms with van der Waals surface area (Å²) in [6.45, 7) is 2.64. The number of imidazole rings is 1. The van der Waals surface area contributed by atoms with Crippen LogP contribution >= 0.6 is 0 Å². The van der Waals surface area contributed by atoms with Crippen LogP contribution in [0.1, 0.15) is 22.9 Å². The molecule has 1 amide bonds. The molecule has 2 fully saturated rings. The number of aromatic nitrogens is 2. The van der Waals surface area contributed by atoms with E-state index in [1.54, 1.807) is 24.4 Å². The average Bonchev–Trinajstić information content (AvgIpc) is 3.28. The van der Waals surface area contributed by atoms with Gasteiger partial charge in [-0.3, -0.25) is 4.79 Å². The number of rotatable bonds is 4. The van der Waals surface area contributed by atoms with E-state index >= 15 is 0 Å². The molecule has 0 N–H and O–H groups in total. The molecule has 2 aliphatic heterocycles. The first-order chi connectivity index (χ1) is 16.4. The highest BCUT2D eigenvalue weighted by Crippen LogP contribution is 2.34. The second-order valence-corrected chi connectivity index (χ2v) is 8.27. The zero-order valence-electron chi connectivity index (χ0n) is 18.7. The molecule has 1 aromatic heterocycles. The molecule has 0 spiro atoms. The van der Waals surface area contributed by atoms with E-state index < -0.39 is 17.7 Å². The predicted molar refractivity (Wildman–Crippen MR) is 119 cm³/mol. The molecule has 176 valence electrons. The van der Waals surface area contributed by atoms with Gasteiger partial charge in [0.05, 0.1) is 50.1 Å². The van der Waals surface area contributed by atoms with Gasteiger partial charge in [-0.25, -0.2) is 13.8 Å². The van der Waals surface area contributed by atoms with Crippen LogP contribution in [0.2, 0.25) is 0 Å². The van der Waals surface area contributed by atoms with Gasteiger partial charge in [-0.2, -0.15) is 0 Å². The van der Waals surface area contributed by atoms with Gasteiger partial charge in [-0.05, 0) is 48.4 Å². The molecule has 2 aliphatic rings. The monoisotopic (exact) mass is 467 g/mol. The number of halogens is 2. The second kappa shape index (κ2) is 8.90. The maximum Gasteiger partial charge on any atom is 0.289 e. The number of benzene rings is 2. The van der Waals surface area contributed by atoms with Gasteiger partial charge in [-0.1, -0.05) is 12.1 Å². The van der Waals surface area contributed by atoms with Crippen molar-refractivity contribution in [1.29, 1.82) is 0 Å². The van der Waals surface area contributed by atoms with Crippen molar-refractivity contribution in [2.45, 2.75) is 19.0 Å². The van der Waals surface area contributed by atoms with Gasteiger partial charge >= 0.3 is 0 Å². The zero-order valence-corrected chi connectivity index (χ0v) is 18.7. The molecular formula is C25H23F2N3O4. The maximum absolute atomic E-state index is 13.9. The van der Waals surface area contributed by atoms with Crippen LogP contribution in [0.3, 0.4) is 0 Å². The molecule has 0 saturated carbocycles. The van der Waals surface area contributed by atoms with E-state index in [1.807, 2.05) is 35.9 Å². The normalized spacial score (nSPS) is 21.4. The summed E-state index contributed by atoms with van der Waals surface area (Å²) in [6.07, 6.45) is 5.25. The van der Waals surface area contributed by atoms with E-state index in [-0.39, 0.29) is 30.9 Å². The summed E-state index contributed by atoms with van der Waals surface area (Å²) in [5, 5.41) is 0. The second-order valence-electron chi connectivity index (χ2n) is 8.27. The average molecular weight is 467 g/mol. The fraction of sp³-hybridized carbons (Fsp3) is 0.280. The zero-order chi connectivity index (χ0) is 23.8. The summed E-state index contributed by atoms with van der Waals surface area (Å²) in [7, 11) is 1.58. The Kier molecular flexibility index (Phi) is 5.79. The standard InChI is InChI=1S/C25H23F2N3O4/c1-15-10-29(14-28-15)21-6-3-16(7-23(21)32-2)8-24-25(31)30-18(12-34-24)11-33-13-22(30)17-4-5-19(26)20(27)9-17/h3-10,14,18,22H,11-13H2,1-2H3/b24-8-/t18-,22+/m1/s1. The van der Waals surface area contributed by atoms with Gasteiger partial charge < -0.3 is 23.7 Å². The Hall–Kier alpha value is -3.72. The largest absolute Gasteiger partial charge is 0.495 e. The lowest BCUT2D eigenvalue weighted by Gasteiger charge is -2.45. The third kappa shape index (κ3) is 4.03. The summed E-state index contributed by atoms with van der Waals surface area (Å²) in [5.41, 5.74) is 2.88. The van der Waals surface area contributed by atoms with Gasteiger partial charge in [0.1, 0.15) is 12.4 Å². The van der Waals surface area contributed by atoms with Crippen LogP contribution in [0.5, 0.6) is 5.75 Å². The summed E-state index contributed by atoms with van der Waals surface area (Å²) >= 11 is 0. The fourth-order valence-corrected chi connectivity index (χ4v) is 4.32. The Balaban J connectivity index is 1.45. The topological polar surface area (TPSA) is 65.8 Å². The van der Waals surface area contributed by atoms with Crippen molar-refractivity contribution in [3.05, 3.63) is 83.1 Å². The lowest BCUT2D eigenvalue weighted by Crippen LogP contribution is -2.56. The number of carbonyl (C=O) groups is 1. The number of hydrogen-bond donors (Lipinski definition) is 0. The Morgan fingerprint density at radius 3 is 2.71 bits per heavy atom. The van der Waals surface area contributed by atoms with Crippen molar-refractivity contribution in [1.82, 2.24) is 14.5 Å². The number of amides is 1. The number of hydrogen-bond acceptors (Lipinski definition) is 5. The molecule has 0 radical (unpaired) electrons. The SMILES string of the molecule is COc1cc(/C=C2\OC[C@H]3COC[C@@H](c4ccc(F)c(F)c4)N3C2=O)ccc1-n1cnc(C)c1. The number of nitrogens with zero attached hydrogens (tertiary/aromatic N) is 3. The highest BCUT2D eigenvalue weighted by Gasteiger charge is 2.41. The molecule has 0 unspecified atom stereocenters. The first kappa shape index (κ1) is 22.1. The van der Waals surface area contributed by atoms with Crippen molar-refractivity contribution >= 4 is 12.0 Å². The number of morpholine rings is 2. The third-order valence-corrected chi connectivity index (χ3v) is 6.01. The van der Waals surface area contributed by atoms with Gasteiger partial charge in [0, 0.05) is 6.20 Å². The Bertz CT molecular complexity index is 1270. The van der Waals surface area contributed by atoms with Crippen LogP contribution in [0, 0.1) is 18.6 Å². The minimum Gasteiger partial charge on any atom is -0.495 e. The smallest absolute Gasteiger partial charge is 0.289 e. The van der Waals surface area contributed by atoms with E-state index in [4.69, 9.17) is 14.2 Å². The van der Waals surface area contributed by atoms with Crippen molar-refractivity contribution in [2.75, 3.05) is 26.9 Å². The van der Waals surface area contributed by atoms with Crippen LogP contribution in [0.4, 0.5) is 8.78 Å². The lowest BCUT2D eigenvalue weighted by molar-refractivity contribution is -0.157. The van der Waals surface area contributed by atoms with Crippen molar-refractivity contribution in [3.63, 3.8) is 0 Å².